The highest BCUT2D eigenvalue weighted by Crippen LogP contribution is 2.49. The second-order valence-electron chi connectivity index (χ2n) is 8.26. The van der Waals surface area contributed by atoms with Crippen LogP contribution < -0.4 is 10.2 Å². The van der Waals surface area contributed by atoms with Crippen LogP contribution in [0.1, 0.15) is 33.7 Å². The van der Waals surface area contributed by atoms with Crippen LogP contribution in [0.15, 0.2) is 54.9 Å². The Hall–Kier alpha value is -2.84. The molecule has 1 amide bonds. The number of nitrogens with zero attached hydrogens (tertiary/aromatic N) is 3. The van der Waals surface area contributed by atoms with Crippen molar-refractivity contribution in [3.63, 3.8) is 0 Å². The highest BCUT2D eigenvalue weighted by molar-refractivity contribution is 6.34. The molecule has 1 atom stereocenters. The van der Waals surface area contributed by atoms with E-state index in [1.807, 2.05) is 0 Å². The number of rotatable bonds is 5. The predicted molar refractivity (Wildman–Crippen MR) is 125 cm³/mol. The molecule has 5 nitrogen and oxygen atoms in total. The first-order valence-corrected chi connectivity index (χ1v) is 11.3. The highest BCUT2D eigenvalue weighted by atomic mass is 35.5. The van der Waals surface area contributed by atoms with Crippen LogP contribution in [-0.4, -0.2) is 35.1 Å². The van der Waals surface area contributed by atoms with Crippen LogP contribution in [0.2, 0.25) is 10.0 Å². The standard InChI is InChI=1S/C24H21Cl2F3N4O/c1-15-9-19(3-4-20(15)22(34)32-13-21-30-6-2-7-31-21)33-8-5-23(14-33,24(27,28)29)16-10-17(25)12-18(26)11-16/h2-4,6-7,9-12H,5,8,13-14H2,1H3,(H,32,34). The van der Waals surface area contributed by atoms with Crippen molar-refractivity contribution in [2.45, 2.75) is 31.5 Å². The van der Waals surface area contributed by atoms with Gasteiger partial charge in [-0.2, -0.15) is 13.2 Å². The SMILES string of the molecule is Cc1cc(N2CCC(c3cc(Cl)cc(Cl)c3)(C(F)(F)F)C2)ccc1C(=O)NCc1ncccn1. The van der Waals surface area contributed by atoms with E-state index in [0.29, 0.717) is 22.6 Å². The zero-order chi connectivity index (χ0) is 24.5. The second-order valence-corrected chi connectivity index (χ2v) is 9.13. The molecule has 0 aliphatic carbocycles. The van der Waals surface area contributed by atoms with Crippen LogP contribution in [0, 0.1) is 6.92 Å². The maximum Gasteiger partial charge on any atom is 0.400 e. The monoisotopic (exact) mass is 508 g/mol. The minimum Gasteiger partial charge on any atom is -0.370 e. The molecule has 178 valence electrons. The van der Waals surface area contributed by atoms with Crippen molar-refractivity contribution in [2.24, 2.45) is 0 Å². The Bertz CT molecular complexity index is 1190. The minimum atomic E-state index is -4.50. The van der Waals surface area contributed by atoms with Gasteiger partial charge < -0.3 is 10.2 Å². The number of nitrogens with one attached hydrogen (secondary N) is 1. The van der Waals surface area contributed by atoms with Crippen LogP contribution in [0.25, 0.3) is 0 Å². The van der Waals surface area contributed by atoms with E-state index >= 15 is 0 Å². The summed E-state index contributed by atoms with van der Waals surface area (Å²) in [4.78, 5) is 22.4. The number of benzene rings is 2. The highest BCUT2D eigenvalue weighted by Gasteiger charge is 2.59. The fourth-order valence-electron chi connectivity index (χ4n) is 4.27. The van der Waals surface area contributed by atoms with E-state index in [1.165, 1.54) is 18.2 Å². The average Bonchev–Trinajstić information content (AvgIpc) is 3.25. The summed E-state index contributed by atoms with van der Waals surface area (Å²) in [5.74, 6) is 0.169. The molecule has 10 heteroatoms. The van der Waals surface area contributed by atoms with E-state index in [2.05, 4.69) is 15.3 Å². The summed E-state index contributed by atoms with van der Waals surface area (Å²) < 4.78 is 43.1. The number of alkyl halides is 3. The first-order valence-electron chi connectivity index (χ1n) is 10.5. The van der Waals surface area contributed by atoms with Gasteiger partial charge in [0.2, 0.25) is 0 Å². The van der Waals surface area contributed by atoms with Gasteiger partial charge in [-0.1, -0.05) is 23.2 Å². The molecule has 1 unspecified atom stereocenters. The molecule has 2 heterocycles. The molecular formula is C24H21Cl2F3N4O. The van der Waals surface area contributed by atoms with Crippen molar-refractivity contribution >= 4 is 34.8 Å². The maximum absolute atomic E-state index is 14.4. The Morgan fingerprint density at radius 2 is 1.79 bits per heavy atom. The number of amides is 1. The molecule has 34 heavy (non-hydrogen) atoms. The van der Waals surface area contributed by atoms with Crippen LogP contribution in [-0.2, 0) is 12.0 Å². The Balaban J connectivity index is 1.55. The molecule has 2 aromatic carbocycles. The number of aromatic nitrogens is 2. The summed E-state index contributed by atoms with van der Waals surface area (Å²) in [7, 11) is 0. The van der Waals surface area contributed by atoms with Gasteiger partial charge in [-0.05, 0) is 66.9 Å². The third-order valence-corrected chi connectivity index (χ3v) is 6.51. The predicted octanol–water partition coefficient (Wildman–Crippen LogP) is 5.73. The lowest BCUT2D eigenvalue weighted by Gasteiger charge is -2.33. The molecule has 3 aromatic rings. The Morgan fingerprint density at radius 3 is 2.41 bits per heavy atom. The lowest BCUT2D eigenvalue weighted by atomic mass is 9.79. The van der Waals surface area contributed by atoms with Crippen molar-refractivity contribution in [1.29, 1.82) is 0 Å². The van der Waals surface area contributed by atoms with Crippen LogP contribution in [0.3, 0.4) is 0 Å². The summed E-state index contributed by atoms with van der Waals surface area (Å²) >= 11 is 12.0. The summed E-state index contributed by atoms with van der Waals surface area (Å²) in [5.41, 5.74) is -0.348. The van der Waals surface area contributed by atoms with Crippen LogP contribution >= 0.6 is 23.2 Å². The summed E-state index contributed by atoms with van der Waals surface area (Å²) in [6, 6.07) is 10.8. The third kappa shape index (κ3) is 4.83. The molecule has 0 bridgehead atoms. The molecule has 1 aromatic heterocycles. The average molecular weight is 509 g/mol. The Morgan fingerprint density at radius 1 is 1.12 bits per heavy atom. The van der Waals surface area contributed by atoms with Crippen LogP contribution in [0.4, 0.5) is 18.9 Å². The Labute approximate surface area is 204 Å². The normalized spacial score (nSPS) is 18.2. The maximum atomic E-state index is 14.4. The van der Waals surface area contributed by atoms with Gasteiger partial charge in [0.1, 0.15) is 11.2 Å². The van der Waals surface area contributed by atoms with Gasteiger partial charge in [-0.15, -0.1) is 0 Å². The largest absolute Gasteiger partial charge is 0.400 e. The summed E-state index contributed by atoms with van der Waals surface area (Å²) in [5, 5.41) is 3.09. The lowest BCUT2D eigenvalue weighted by Crippen LogP contribution is -2.44. The summed E-state index contributed by atoms with van der Waals surface area (Å²) in [6.07, 6.45) is -1.46. The van der Waals surface area contributed by atoms with Gasteiger partial charge in [0.25, 0.3) is 5.91 Å². The van der Waals surface area contributed by atoms with Crippen molar-refractivity contribution in [1.82, 2.24) is 15.3 Å². The van der Waals surface area contributed by atoms with E-state index in [-0.39, 0.29) is 47.6 Å². The number of hydrogen-bond donors (Lipinski definition) is 1. The van der Waals surface area contributed by atoms with Gasteiger partial charge in [0.15, 0.2) is 0 Å². The molecule has 1 saturated heterocycles. The van der Waals surface area contributed by atoms with Crippen molar-refractivity contribution < 1.29 is 18.0 Å². The van der Waals surface area contributed by atoms with Gasteiger partial charge >= 0.3 is 6.18 Å². The van der Waals surface area contributed by atoms with Crippen molar-refractivity contribution in [3.8, 4) is 0 Å². The van der Waals surface area contributed by atoms with Gasteiger partial charge in [-0.25, -0.2) is 9.97 Å². The number of anilines is 1. The third-order valence-electron chi connectivity index (χ3n) is 6.07. The van der Waals surface area contributed by atoms with Gasteiger partial charge in [0.05, 0.1) is 6.54 Å². The molecule has 1 N–H and O–H groups in total. The molecule has 1 aliphatic heterocycles. The fraction of sp³-hybridized carbons (Fsp3) is 0.292. The smallest absolute Gasteiger partial charge is 0.370 e. The molecular weight excluding hydrogens is 488 g/mol. The second kappa shape index (κ2) is 9.43. The van der Waals surface area contributed by atoms with E-state index in [9.17, 15) is 18.0 Å². The number of hydrogen-bond acceptors (Lipinski definition) is 4. The topological polar surface area (TPSA) is 58.1 Å². The molecule has 1 aliphatic rings. The zero-order valence-electron chi connectivity index (χ0n) is 18.2. The number of aryl methyl sites for hydroxylation is 1. The van der Waals surface area contributed by atoms with E-state index in [1.54, 1.807) is 48.5 Å². The molecule has 4 rings (SSSR count). The first kappa shape index (κ1) is 24.3. The quantitative estimate of drug-likeness (QED) is 0.477. The van der Waals surface area contributed by atoms with E-state index < -0.39 is 11.6 Å². The molecule has 0 radical (unpaired) electrons. The number of carbonyl (C=O) groups excluding carboxylic acids is 1. The molecule has 1 fully saturated rings. The van der Waals surface area contributed by atoms with Gasteiger partial charge in [0, 0.05) is 46.8 Å². The zero-order valence-corrected chi connectivity index (χ0v) is 19.7. The summed E-state index contributed by atoms with van der Waals surface area (Å²) in [6.45, 7) is 1.84. The fourth-order valence-corrected chi connectivity index (χ4v) is 4.79. The van der Waals surface area contributed by atoms with Crippen molar-refractivity contribution in [3.05, 3.63) is 87.4 Å². The van der Waals surface area contributed by atoms with E-state index in [0.717, 1.165) is 0 Å². The number of carbonyl (C=O) groups is 1. The van der Waals surface area contributed by atoms with E-state index in [4.69, 9.17) is 23.2 Å². The minimum absolute atomic E-state index is 0.0517. The molecule has 0 spiro atoms. The lowest BCUT2D eigenvalue weighted by molar-refractivity contribution is -0.184. The van der Waals surface area contributed by atoms with Crippen LogP contribution in [0.5, 0.6) is 0 Å². The number of halogens is 5. The molecule has 0 saturated carbocycles. The van der Waals surface area contributed by atoms with Crippen molar-refractivity contribution in [2.75, 3.05) is 18.0 Å². The first-order chi connectivity index (χ1) is 16.1. The van der Waals surface area contributed by atoms with Gasteiger partial charge in [-0.3, -0.25) is 4.79 Å². The Kier molecular flexibility index (Phi) is 6.73.